The summed E-state index contributed by atoms with van der Waals surface area (Å²) in [6.45, 7) is 8.11. The summed E-state index contributed by atoms with van der Waals surface area (Å²) in [5.41, 5.74) is 1.21. The van der Waals surface area contributed by atoms with E-state index < -0.39 is 8.07 Å². The maximum atomic E-state index is 11.1. The summed E-state index contributed by atoms with van der Waals surface area (Å²) in [6.07, 6.45) is 2.67. The van der Waals surface area contributed by atoms with Crippen LogP contribution in [0.5, 0.6) is 5.75 Å². The van der Waals surface area contributed by atoms with E-state index in [0.717, 1.165) is 24.3 Å². The predicted molar refractivity (Wildman–Crippen MR) is 85.8 cm³/mol. The smallest absolute Gasteiger partial charge is 0.152 e. The van der Waals surface area contributed by atoms with E-state index >= 15 is 0 Å². The van der Waals surface area contributed by atoms with Crippen LogP contribution in [0, 0.1) is 0 Å². The molecule has 2 rings (SSSR count). The van der Waals surface area contributed by atoms with Crippen molar-refractivity contribution in [2.45, 2.75) is 32.4 Å². The molecular weight excluding hydrogens is 284 g/mol. The predicted octanol–water partition coefficient (Wildman–Crippen LogP) is 3.17. The molecule has 21 heavy (non-hydrogen) atoms. The highest BCUT2D eigenvalue weighted by molar-refractivity contribution is 6.76. The molecule has 0 amide bonds. The second kappa shape index (κ2) is 6.40. The minimum Gasteiger partial charge on any atom is -0.497 e. The number of carbonyl (C=O) groups excluding carboxylic acids is 1. The molecule has 0 aliphatic carbocycles. The monoisotopic (exact) mass is 306 g/mol. The lowest BCUT2D eigenvalue weighted by Crippen LogP contribution is -2.22. The van der Waals surface area contributed by atoms with Gasteiger partial charge in [0.25, 0.3) is 0 Å². The number of ether oxygens (including phenoxy) is 2. The Hall–Kier alpha value is -1.66. The Morgan fingerprint density at radius 2 is 2.10 bits per heavy atom. The van der Waals surface area contributed by atoms with Gasteiger partial charge in [-0.3, -0.25) is 4.79 Å². The van der Waals surface area contributed by atoms with Gasteiger partial charge in [0.2, 0.25) is 0 Å². The molecule has 115 valence electrons. The molecule has 0 bridgehead atoms. The van der Waals surface area contributed by atoms with Crippen LogP contribution >= 0.6 is 0 Å². The Bertz CT molecular complexity index is 632. The van der Waals surface area contributed by atoms with E-state index in [9.17, 15) is 4.79 Å². The van der Waals surface area contributed by atoms with Gasteiger partial charge in [0.15, 0.2) is 6.29 Å². The number of fused-ring (bicyclic) bond motifs is 1. The zero-order valence-electron chi connectivity index (χ0n) is 13.0. The van der Waals surface area contributed by atoms with Gasteiger partial charge >= 0.3 is 0 Å². The topological polar surface area (TPSA) is 53.3 Å². The minimum atomic E-state index is -1.07. The van der Waals surface area contributed by atoms with E-state index in [1.165, 1.54) is 0 Å². The van der Waals surface area contributed by atoms with Crippen molar-refractivity contribution in [3.8, 4) is 5.75 Å². The van der Waals surface area contributed by atoms with Gasteiger partial charge in [-0.25, -0.2) is 4.68 Å². The molecule has 0 saturated heterocycles. The molecule has 0 aliphatic heterocycles. The molecule has 0 aliphatic rings. The molecule has 1 heterocycles. The number of methoxy groups -OCH3 is 1. The SMILES string of the molecule is COc1cc(C=O)c2nn(COCC[Si-](C)(C)C)cc2c1. The van der Waals surface area contributed by atoms with Gasteiger partial charge in [0.05, 0.1) is 7.11 Å². The third-order valence-corrected chi connectivity index (χ3v) is 4.95. The van der Waals surface area contributed by atoms with Crippen LogP contribution < -0.4 is 4.74 Å². The van der Waals surface area contributed by atoms with E-state index in [2.05, 4.69) is 24.7 Å². The number of hydrogen-bond donors (Lipinski definition) is 0. The molecule has 0 N–H and O–H groups in total. The highest BCUT2D eigenvalue weighted by Gasteiger charge is 2.09. The Morgan fingerprint density at radius 1 is 1.33 bits per heavy atom. The average Bonchev–Trinajstić information content (AvgIpc) is 2.84. The Kier molecular flexibility index (Phi) is 4.79. The van der Waals surface area contributed by atoms with Crippen LogP contribution in [0.1, 0.15) is 10.4 Å². The molecule has 6 heteroatoms. The molecular formula is C15H22N2O3Si-. The van der Waals surface area contributed by atoms with Gasteiger partial charge in [-0.05, 0) is 12.1 Å². The number of aldehydes is 1. The first-order valence-electron chi connectivity index (χ1n) is 7.01. The van der Waals surface area contributed by atoms with Crippen LogP contribution in [-0.4, -0.2) is 37.9 Å². The molecule has 0 atom stereocenters. The second-order valence-electron chi connectivity index (χ2n) is 6.29. The molecule has 0 fully saturated rings. The molecule has 5 nitrogen and oxygen atoms in total. The number of carbonyl (C=O) groups is 1. The summed E-state index contributed by atoms with van der Waals surface area (Å²) in [4.78, 5) is 11.1. The maximum absolute atomic E-state index is 11.1. The van der Waals surface area contributed by atoms with Crippen LogP contribution in [0.3, 0.4) is 0 Å². The molecule has 0 saturated carbocycles. The Labute approximate surface area is 125 Å². The van der Waals surface area contributed by atoms with Gasteiger partial charge in [-0.2, -0.15) is 24.7 Å². The van der Waals surface area contributed by atoms with Crippen LogP contribution in [0.25, 0.3) is 10.9 Å². The van der Waals surface area contributed by atoms with Crippen molar-refractivity contribution >= 4 is 25.3 Å². The number of benzene rings is 1. The van der Waals surface area contributed by atoms with Crippen LogP contribution in [0.2, 0.25) is 25.7 Å². The summed E-state index contributed by atoms with van der Waals surface area (Å²) in [6, 6.07) is 4.69. The van der Waals surface area contributed by atoms with E-state index in [1.807, 2.05) is 12.3 Å². The van der Waals surface area contributed by atoms with Crippen molar-refractivity contribution in [3.63, 3.8) is 0 Å². The fourth-order valence-corrected chi connectivity index (χ4v) is 2.75. The summed E-state index contributed by atoms with van der Waals surface area (Å²) < 4.78 is 12.6. The van der Waals surface area contributed by atoms with Crippen molar-refractivity contribution < 1.29 is 14.3 Å². The quantitative estimate of drug-likeness (QED) is 0.448. The first-order chi connectivity index (χ1) is 9.93. The van der Waals surface area contributed by atoms with E-state index in [-0.39, 0.29) is 0 Å². The zero-order chi connectivity index (χ0) is 15.5. The minimum absolute atomic E-state index is 0.403. The standard InChI is InChI=1S/C15H22N2O3Si/c1-19-14-7-12-9-17(11-20-5-6-21(2,3)4)16-15(12)13(8-14)10-18/h7-10H,5-6,11H2,1-4H3/q-1. The first-order valence-corrected chi connectivity index (χ1v) is 10.7. The third-order valence-electron chi connectivity index (χ3n) is 3.24. The van der Waals surface area contributed by atoms with Gasteiger partial charge in [-0.15, -0.1) is 14.1 Å². The molecule has 0 spiro atoms. The lowest BCUT2D eigenvalue weighted by atomic mass is 10.1. The van der Waals surface area contributed by atoms with Crippen molar-refractivity contribution in [1.29, 1.82) is 0 Å². The molecule has 1 aromatic heterocycles. The number of rotatable bonds is 7. The lowest BCUT2D eigenvalue weighted by Gasteiger charge is -2.26. The molecule has 0 unspecified atom stereocenters. The van der Waals surface area contributed by atoms with Gasteiger partial charge in [0.1, 0.15) is 18.0 Å². The van der Waals surface area contributed by atoms with Crippen molar-refractivity contribution in [1.82, 2.24) is 9.78 Å². The largest absolute Gasteiger partial charge is 0.497 e. The van der Waals surface area contributed by atoms with Crippen molar-refractivity contribution in [2.24, 2.45) is 0 Å². The lowest BCUT2D eigenvalue weighted by molar-refractivity contribution is 0.0790. The summed E-state index contributed by atoms with van der Waals surface area (Å²) in [5, 5.41) is 5.29. The average molecular weight is 306 g/mol. The Morgan fingerprint density at radius 3 is 2.71 bits per heavy atom. The second-order valence-corrected chi connectivity index (χ2v) is 11.9. The summed E-state index contributed by atoms with van der Waals surface area (Å²) in [7, 11) is 0.511. The zero-order valence-corrected chi connectivity index (χ0v) is 14.0. The van der Waals surface area contributed by atoms with Gasteiger partial charge in [-0.1, -0.05) is 0 Å². The highest BCUT2D eigenvalue weighted by atomic mass is 28.3. The van der Waals surface area contributed by atoms with E-state index in [4.69, 9.17) is 9.47 Å². The van der Waals surface area contributed by atoms with E-state index in [1.54, 1.807) is 17.9 Å². The highest BCUT2D eigenvalue weighted by Crippen LogP contribution is 2.23. The summed E-state index contributed by atoms with van der Waals surface area (Å²) in [5.74, 6) is 0.656. The third kappa shape index (κ3) is 4.15. The van der Waals surface area contributed by atoms with E-state index in [0.29, 0.717) is 23.6 Å². The number of hydrogen-bond acceptors (Lipinski definition) is 4. The summed E-state index contributed by atoms with van der Waals surface area (Å²) >= 11 is 0. The normalized spacial score (nSPS) is 11.8. The molecule has 1 aromatic carbocycles. The van der Waals surface area contributed by atoms with Crippen LogP contribution in [-0.2, 0) is 11.5 Å². The Balaban J connectivity index is 2.10. The van der Waals surface area contributed by atoms with Gasteiger partial charge in [0, 0.05) is 23.8 Å². The molecule has 0 radical (unpaired) electrons. The van der Waals surface area contributed by atoms with Crippen LogP contribution in [0.15, 0.2) is 18.3 Å². The number of aromatic nitrogens is 2. The van der Waals surface area contributed by atoms with Crippen molar-refractivity contribution in [2.75, 3.05) is 13.7 Å². The van der Waals surface area contributed by atoms with Crippen LogP contribution in [0.4, 0.5) is 0 Å². The maximum Gasteiger partial charge on any atom is 0.152 e. The van der Waals surface area contributed by atoms with Crippen molar-refractivity contribution in [3.05, 3.63) is 23.9 Å². The fraction of sp³-hybridized carbons (Fsp3) is 0.467. The van der Waals surface area contributed by atoms with Gasteiger partial charge < -0.3 is 9.47 Å². The first kappa shape index (κ1) is 15.7. The number of nitrogens with zero attached hydrogens (tertiary/aromatic N) is 2. The fourth-order valence-electron chi connectivity index (χ4n) is 1.99. The molecule has 2 aromatic rings.